The van der Waals surface area contributed by atoms with Crippen LogP contribution in [0.5, 0.6) is 11.5 Å². The van der Waals surface area contributed by atoms with Crippen molar-refractivity contribution in [2.24, 2.45) is 0 Å². The lowest BCUT2D eigenvalue weighted by Gasteiger charge is -2.12. The molecule has 8 nitrogen and oxygen atoms in total. The van der Waals surface area contributed by atoms with Crippen molar-refractivity contribution in [2.45, 2.75) is 13.5 Å². The zero-order valence-electron chi connectivity index (χ0n) is 18.3. The summed E-state index contributed by atoms with van der Waals surface area (Å²) in [7, 11) is 3.12. The topological polar surface area (TPSA) is 90.3 Å². The van der Waals surface area contributed by atoms with Gasteiger partial charge in [0.1, 0.15) is 11.3 Å². The summed E-state index contributed by atoms with van der Waals surface area (Å²) in [5.41, 5.74) is 4.39. The van der Waals surface area contributed by atoms with Crippen LogP contribution in [0.3, 0.4) is 0 Å². The summed E-state index contributed by atoms with van der Waals surface area (Å²) in [6.07, 6.45) is 1.75. The SMILES string of the molecule is COc1ccc(NC(=O)NCCn2c(-c3ccc(C)cc3)nc3cccnc32)cc1OC. The number of urea groups is 1. The van der Waals surface area contributed by atoms with Gasteiger partial charge in [0.2, 0.25) is 0 Å². The third kappa shape index (κ3) is 4.49. The lowest BCUT2D eigenvalue weighted by molar-refractivity contribution is 0.251. The van der Waals surface area contributed by atoms with E-state index in [4.69, 9.17) is 14.5 Å². The number of methoxy groups -OCH3 is 2. The number of pyridine rings is 1. The number of hydrogen-bond acceptors (Lipinski definition) is 5. The second-order valence-corrected chi connectivity index (χ2v) is 7.25. The van der Waals surface area contributed by atoms with Gasteiger partial charge in [0.05, 0.1) is 14.2 Å². The molecule has 2 aromatic heterocycles. The number of hydrogen-bond donors (Lipinski definition) is 2. The highest BCUT2D eigenvalue weighted by Gasteiger charge is 2.14. The zero-order valence-corrected chi connectivity index (χ0v) is 18.3. The average molecular weight is 431 g/mol. The Morgan fingerprint density at radius 1 is 1.03 bits per heavy atom. The van der Waals surface area contributed by atoms with Crippen LogP contribution in [-0.4, -0.2) is 41.3 Å². The van der Waals surface area contributed by atoms with Crippen LogP contribution < -0.4 is 20.1 Å². The van der Waals surface area contributed by atoms with Crippen LogP contribution in [0.2, 0.25) is 0 Å². The molecule has 0 spiro atoms. The van der Waals surface area contributed by atoms with Gasteiger partial charge in [-0.1, -0.05) is 29.8 Å². The summed E-state index contributed by atoms with van der Waals surface area (Å²) in [6, 6.07) is 16.9. The summed E-state index contributed by atoms with van der Waals surface area (Å²) in [5.74, 6) is 1.96. The first-order valence-corrected chi connectivity index (χ1v) is 10.2. The molecule has 0 aliphatic heterocycles. The summed E-state index contributed by atoms with van der Waals surface area (Å²) < 4.78 is 12.5. The number of carbonyl (C=O) groups is 1. The minimum atomic E-state index is -0.313. The molecular weight excluding hydrogens is 406 g/mol. The molecular formula is C24H25N5O3. The van der Waals surface area contributed by atoms with Gasteiger partial charge in [-0.25, -0.2) is 14.8 Å². The van der Waals surface area contributed by atoms with Gasteiger partial charge in [0.15, 0.2) is 17.1 Å². The Balaban J connectivity index is 1.47. The number of carbonyl (C=O) groups excluding carboxylic acids is 1. The minimum absolute atomic E-state index is 0.313. The molecule has 32 heavy (non-hydrogen) atoms. The van der Waals surface area contributed by atoms with Crippen LogP contribution in [0.25, 0.3) is 22.6 Å². The fourth-order valence-corrected chi connectivity index (χ4v) is 3.46. The Labute approximate surface area is 186 Å². The maximum Gasteiger partial charge on any atom is 0.319 e. The van der Waals surface area contributed by atoms with Crippen molar-refractivity contribution in [3.63, 3.8) is 0 Å². The number of amides is 2. The zero-order chi connectivity index (χ0) is 22.5. The number of nitrogens with zero attached hydrogens (tertiary/aromatic N) is 3. The van der Waals surface area contributed by atoms with E-state index in [1.807, 2.05) is 28.8 Å². The van der Waals surface area contributed by atoms with Crippen LogP contribution in [-0.2, 0) is 6.54 Å². The van der Waals surface area contributed by atoms with Crippen LogP contribution >= 0.6 is 0 Å². The number of ether oxygens (including phenoxy) is 2. The van der Waals surface area contributed by atoms with Crippen molar-refractivity contribution in [1.82, 2.24) is 19.9 Å². The number of imidazole rings is 1. The quantitative estimate of drug-likeness (QED) is 0.457. The van der Waals surface area contributed by atoms with Crippen LogP contribution in [0.1, 0.15) is 5.56 Å². The van der Waals surface area contributed by atoms with E-state index < -0.39 is 0 Å². The fraction of sp³-hybridized carbons (Fsp3) is 0.208. The monoisotopic (exact) mass is 431 g/mol. The third-order valence-corrected chi connectivity index (χ3v) is 5.08. The Kier molecular flexibility index (Phi) is 6.21. The Morgan fingerprint density at radius 2 is 1.81 bits per heavy atom. The van der Waals surface area contributed by atoms with E-state index >= 15 is 0 Å². The summed E-state index contributed by atoms with van der Waals surface area (Å²) in [4.78, 5) is 21.7. The van der Waals surface area contributed by atoms with Crippen LogP contribution in [0.4, 0.5) is 10.5 Å². The van der Waals surface area contributed by atoms with Gasteiger partial charge < -0.3 is 24.7 Å². The smallest absolute Gasteiger partial charge is 0.319 e. The van der Waals surface area contributed by atoms with Gasteiger partial charge in [-0.3, -0.25) is 0 Å². The standard InChI is InChI=1S/C24H25N5O3/c1-16-6-8-17(9-7-16)22-28-19-5-4-12-25-23(19)29(22)14-13-26-24(30)27-18-10-11-20(31-2)21(15-18)32-3/h4-12,15H,13-14H2,1-3H3,(H2,26,27,30). The van der Waals surface area contributed by atoms with Gasteiger partial charge >= 0.3 is 6.03 Å². The van der Waals surface area contributed by atoms with Crippen molar-refractivity contribution < 1.29 is 14.3 Å². The predicted molar refractivity (Wildman–Crippen MR) is 124 cm³/mol. The molecule has 0 atom stereocenters. The summed E-state index contributed by atoms with van der Waals surface area (Å²) in [6.45, 7) is 2.98. The van der Waals surface area contributed by atoms with Crippen molar-refractivity contribution >= 4 is 22.9 Å². The molecule has 8 heteroatoms. The fourth-order valence-electron chi connectivity index (χ4n) is 3.46. The van der Waals surface area contributed by atoms with Crippen molar-refractivity contribution in [3.05, 3.63) is 66.4 Å². The second kappa shape index (κ2) is 9.38. The first-order valence-electron chi connectivity index (χ1n) is 10.2. The summed E-state index contributed by atoms with van der Waals surface area (Å²) in [5, 5.41) is 5.70. The van der Waals surface area contributed by atoms with E-state index in [0.717, 1.165) is 22.6 Å². The van der Waals surface area contributed by atoms with E-state index in [0.29, 0.717) is 30.3 Å². The molecule has 0 bridgehead atoms. The molecule has 0 saturated heterocycles. The lowest BCUT2D eigenvalue weighted by Crippen LogP contribution is -2.31. The summed E-state index contributed by atoms with van der Waals surface area (Å²) >= 11 is 0. The van der Waals surface area contributed by atoms with Crippen LogP contribution in [0, 0.1) is 6.92 Å². The molecule has 4 rings (SSSR count). The van der Waals surface area contributed by atoms with Gasteiger partial charge in [-0.05, 0) is 31.2 Å². The minimum Gasteiger partial charge on any atom is -0.493 e. The Morgan fingerprint density at radius 3 is 2.56 bits per heavy atom. The van der Waals surface area contributed by atoms with E-state index in [9.17, 15) is 4.79 Å². The normalized spacial score (nSPS) is 10.7. The average Bonchev–Trinajstić information content (AvgIpc) is 3.18. The van der Waals surface area contributed by atoms with E-state index in [2.05, 4.69) is 34.7 Å². The number of aryl methyl sites for hydroxylation is 1. The van der Waals surface area contributed by atoms with Crippen LogP contribution in [0.15, 0.2) is 60.8 Å². The molecule has 2 N–H and O–H groups in total. The molecule has 0 aliphatic rings. The number of benzene rings is 2. The molecule has 0 radical (unpaired) electrons. The van der Waals surface area contributed by atoms with E-state index in [1.54, 1.807) is 38.6 Å². The number of aromatic nitrogens is 3. The van der Waals surface area contributed by atoms with Crippen molar-refractivity contribution in [1.29, 1.82) is 0 Å². The first-order chi connectivity index (χ1) is 15.6. The molecule has 2 aromatic carbocycles. The van der Waals surface area contributed by atoms with Gasteiger partial charge in [0, 0.05) is 36.6 Å². The maximum absolute atomic E-state index is 12.4. The molecule has 0 fully saturated rings. The number of nitrogens with one attached hydrogen (secondary N) is 2. The first kappa shape index (κ1) is 21.2. The molecule has 2 amide bonds. The molecule has 0 unspecified atom stereocenters. The van der Waals surface area contributed by atoms with Gasteiger partial charge in [-0.15, -0.1) is 0 Å². The Bertz CT molecular complexity index is 1230. The Hall–Kier alpha value is -4.07. The maximum atomic E-state index is 12.4. The highest BCUT2D eigenvalue weighted by atomic mass is 16.5. The third-order valence-electron chi connectivity index (χ3n) is 5.08. The highest BCUT2D eigenvalue weighted by Crippen LogP contribution is 2.29. The molecule has 4 aromatic rings. The molecule has 164 valence electrons. The lowest BCUT2D eigenvalue weighted by atomic mass is 10.1. The van der Waals surface area contributed by atoms with E-state index in [-0.39, 0.29) is 6.03 Å². The molecule has 2 heterocycles. The number of fused-ring (bicyclic) bond motifs is 1. The second-order valence-electron chi connectivity index (χ2n) is 7.25. The van der Waals surface area contributed by atoms with Gasteiger partial charge in [-0.2, -0.15) is 0 Å². The highest BCUT2D eigenvalue weighted by molar-refractivity contribution is 5.89. The largest absolute Gasteiger partial charge is 0.493 e. The predicted octanol–water partition coefficient (Wildman–Crippen LogP) is 4.25. The number of anilines is 1. The molecule has 0 saturated carbocycles. The number of rotatable bonds is 7. The van der Waals surface area contributed by atoms with Crippen molar-refractivity contribution in [3.8, 4) is 22.9 Å². The van der Waals surface area contributed by atoms with Crippen molar-refractivity contribution in [2.75, 3.05) is 26.1 Å². The molecule has 0 aliphatic carbocycles. The van der Waals surface area contributed by atoms with Gasteiger partial charge in [0.25, 0.3) is 0 Å². The van der Waals surface area contributed by atoms with E-state index in [1.165, 1.54) is 5.56 Å².